The number of fused-ring (bicyclic) bond motifs is 1. The fraction of sp³-hybridized carbons (Fsp3) is 0.111. The second-order valence-electron chi connectivity index (χ2n) is 7.73. The van der Waals surface area contributed by atoms with Gasteiger partial charge in [0.2, 0.25) is 0 Å². The molecule has 0 aliphatic rings. The van der Waals surface area contributed by atoms with E-state index in [1.165, 1.54) is 6.08 Å². The molecule has 176 valence electrons. The zero-order valence-corrected chi connectivity index (χ0v) is 21.5. The summed E-state index contributed by atoms with van der Waals surface area (Å²) < 4.78 is 6.45. The van der Waals surface area contributed by atoms with Gasteiger partial charge in [-0.05, 0) is 63.8 Å². The largest absolute Gasteiger partial charge is 0.486 e. The van der Waals surface area contributed by atoms with Crippen LogP contribution >= 0.6 is 39.1 Å². The van der Waals surface area contributed by atoms with Gasteiger partial charge in [0.15, 0.2) is 5.75 Å². The Bertz CT molecular complexity index is 1430. The van der Waals surface area contributed by atoms with Crippen molar-refractivity contribution in [2.24, 2.45) is 0 Å². The number of nitrogens with zero attached hydrogens (tertiary/aromatic N) is 1. The first kappa shape index (κ1) is 24.9. The van der Waals surface area contributed by atoms with E-state index in [-0.39, 0.29) is 12.2 Å². The monoisotopic (exact) mass is 567 g/mol. The summed E-state index contributed by atoms with van der Waals surface area (Å²) in [7, 11) is 0. The molecule has 0 atom stereocenters. The Morgan fingerprint density at radius 1 is 1.09 bits per heavy atom. The number of aromatic nitrogens is 1. The first-order valence-electron chi connectivity index (χ1n) is 10.8. The van der Waals surface area contributed by atoms with E-state index in [0.29, 0.717) is 38.8 Å². The van der Waals surface area contributed by atoms with Crippen molar-refractivity contribution < 1.29 is 9.53 Å². The van der Waals surface area contributed by atoms with Crippen LogP contribution in [0.3, 0.4) is 0 Å². The highest BCUT2D eigenvalue weighted by Gasteiger charge is 2.13. The average molecular weight is 569 g/mol. The molecule has 0 saturated heterocycles. The SMILES string of the molecule is N#C/C(=C/c1cc(Cl)c(OCc2ccccc2Cl)c(Br)c1)C(=O)NCCc1c[nH]c2ccccc12. The van der Waals surface area contributed by atoms with Gasteiger partial charge in [-0.25, -0.2) is 0 Å². The standard InChI is InChI=1S/C27H20BrCl2N3O2/c28-22-12-17(13-24(30)26(22)35-16-19-5-1-3-7-23(19)29)11-20(14-31)27(34)32-10-9-18-15-33-25-8-4-2-6-21(18)25/h1-8,11-13,15,33H,9-10,16H2,(H,32,34)/b20-11-. The quantitative estimate of drug-likeness (QED) is 0.176. The number of aromatic amines is 1. The molecule has 0 aliphatic heterocycles. The molecule has 0 saturated carbocycles. The zero-order chi connectivity index (χ0) is 24.8. The highest BCUT2D eigenvalue weighted by atomic mass is 79.9. The smallest absolute Gasteiger partial charge is 0.261 e. The molecule has 0 unspecified atom stereocenters. The predicted octanol–water partition coefficient (Wildman–Crippen LogP) is 7.08. The summed E-state index contributed by atoms with van der Waals surface area (Å²) in [6.45, 7) is 0.647. The van der Waals surface area contributed by atoms with Crippen molar-refractivity contribution >= 4 is 62.0 Å². The zero-order valence-electron chi connectivity index (χ0n) is 18.4. The second-order valence-corrected chi connectivity index (χ2v) is 9.40. The number of carbonyl (C=O) groups is 1. The maximum atomic E-state index is 12.6. The van der Waals surface area contributed by atoms with Crippen molar-refractivity contribution in [3.05, 3.63) is 104 Å². The number of ether oxygens (including phenoxy) is 1. The van der Waals surface area contributed by atoms with Gasteiger partial charge >= 0.3 is 0 Å². The van der Waals surface area contributed by atoms with Gasteiger partial charge in [0, 0.05) is 34.2 Å². The lowest BCUT2D eigenvalue weighted by Gasteiger charge is -2.12. The topological polar surface area (TPSA) is 77.9 Å². The van der Waals surface area contributed by atoms with Gasteiger partial charge in [-0.3, -0.25) is 4.79 Å². The van der Waals surface area contributed by atoms with Crippen LogP contribution in [-0.2, 0) is 17.8 Å². The molecule has 5 nitrogen and oxygen atoms in total. The van der Waals surface area contributed by atoms with Crippen molar-refractivity contribution in [3.8, 4) is 11.8 Å². The van der Waals surface area contributed by atoms with Crippen molar-refractivity contribution in [1.29, 1.82) is 5.26 Å². The lowest BCUT2D eigenvalue weighted by atomic mass is 10.1. The highest BCUT2D eigenvalue weighted by molar-refractivity contribution is 9.10. The fourth-order valence-corrected chi connectivity index (χ4v) is 4.80. The molecule has 0 radical (unpaired) electrons. The Labute approximate surface area is 221 Å². The van der Waals surface area contributed by atoms with E-state index in [9.17, 15) is 10.1 Å². The Kier molecular flexibility index (Phi) is 8.14. The summed E-state index contributed by atoms with van der Waals surface area (Å²) >= 11 is 16.1. The lowest BCUT2D eigenvalue weighted by Crippen LogP contribution is -2.26. The number of benzene rings is 3. The first-order chi connectivity index (χ1) is 17.0. The summed E-state index contributed by atoms with van der Waals surface area (Å²) in [6.07, 6.45) is 4.07. The minimum absolute atomic E-state index is 0.0170. The summed E-state index contributed by atoms with van der Waals surface area (Å²) in [5.41, 5.74) is 3.56. The maximum Gasteiger partial charge on any atom is 0.261 e. The molecule has 35 heavy (non-hydrogen) atoms. The van der Waals surface area contributed by atoms with Gasteiger partial charge in [-0.1, -0.05) is 59.6 Å². The number of nitriles is 1. The van der Waals surface area contributed by atoms with Crippen LogP contribution in [0, 0.1) is 11.3 Å². The van der Waals surface area contributed by atoms with Crippen LogP contribution in [0.1, 0.15) is 16.7 Å². The van der Waals surface area contributed by atoms with E-state index in [1.807, 2.05) is 54.7 Å². The molecule has 3 aromatic carbocycles. The number of halogens is 3. The minimum atomic E-state index is -0.446. The second kappa shape index (κ2) is 11.5. The third-order valence-corrected chi connectivity index (χ3v) is 6.62. The maximum absolute atomic E-state index is 12.6. The van der Waals surface area contributed by atoms with Crippen molar-refractivity contribution in [1.82, 2.24) is 10.3 Å². The minimum Gasteiger partial charge on any atom is -0.486 e. The number of rotatable bonds is 8. The van der Waals surface area contributed by atoms with E-state index in [4.69, 9.17) is 27.9 Å². The number of hydrogen-bond acceptors (Lipinski definition) is 3. The number of carbonyl (C=O) groups excluding carboxylic acids is 1. The van der Waals surface area contributed by atoms with Crippen LogP contribution in [0.4, 0.5) is 0 Å². The molecule has 0 spiro atoms. The van der Waals surface area contributed by atoms with Crippen LogP contribution in [0.2, 0.25) is 10.0 Å². The van der Waals surface area contributed by atoms with Crippen LogP contribution in [0.15, 0.2) is 76.9 Å². The summed E-state index contributed by atoms with van der Waals surface area (Å²) in [5.74, 6) is 0.00376. The van der Waals surface area contributed by atoms with E-state index >= 15 is 0 Å². The van der Waals surface area contributed by atoms with Crippen LogP contribution < -0.4 is 10.1 Å². The van der Waals surface area contributed by atoms with Gasteiger partial charge in [-0.2, -0.15) is 5.26 Å². The van der Waals surface area contributed by atoms with E-state index in [0.717, 1.165) is 22.0 Å². The Balaban J connectivity index is 1.41. The van der Waals surface area contributed by atoms with Gasteiger partial charge in [-0.15, -0.1) is 0 Å². The van der Waals surface area contributed by atoms with Crippen molar-refractivity contribution in [2.75, 3.05) is 6.54 Å². The number of para-hydroxylation sites is 1. The van der Waals surface area contributed by atoms with E-state index in [1.54, 1.807) is 18.2 Å². The molecule has 4 rings (SSSR count). The summed E-state index contributed by atoms with van der Waals surface area (Å²) in [6, 6.07) is 20.7. The molecule has 1 aromatic heterocycles. The van der Waals surface area contributed by atoms with Gasteiger partial charge in [0.1, 0.15) is 18.2 Å². The van der Waals surface area contributed by atoms with E-state index in [2.05, 4.69) is 26.2 Å². The third kappa shape index (κ3) is 6.07. The fourth-order valence-electron chi connectivity index (χ4n) is 3.63. The lowest BCUT2D eigenvalue weighted by molar-refractivity contribution is -0.117. The molecular weight excluding hydrogens is 549 g/mol. The summed E-state index contributed by atoms with van der Waals surface area (Å²) in [4.78, 5) is 15.8. The Hall–Kier alpha value is -3.24. The Morgan fingerprint density at radius 3 is 2.63 bits per heavy atom. The number of nitrogens with one attached hydrogen (secondary N) is 2. The molecule has 1 heterocycles. The first-order valence-corrected chi connectivity index (χ1v) is 12.3. The Morgan fingerprint density at radius 2 is 1.86 bits per heavy atom. The molecular formula is C27H20BrCl2N3O2. The van der Waals surface area contributed by atoms with Crippen LogP contribution in [0.25, 0.3) is 17.0 Å². The molecule has 1 amide bonds. The van der Waals surface area contributed by atoms with Gasteiger partial charge < -0.3 is 15.0 Å². The van der Waals surface area contributed by atoms with E-state index < -0.39 is 5.91 Å². The number of amides is 1. The molecule has 0 bridgehead atoms. The highest BCUT2D eigenvalue weighted by Crippen LogP contribution is 2.36. The molecule has 0 fully saturated rings. The third-order valence-electron chi connectivity index (χ3n) is 5.38. The van der Waals surface area contributed by atoms with Crippen molar-refractivity contribution in [3.63, 3.8) is 0 Å². The molecule has 2 N–H and O–H groups in total. The average Bonchev–Trinajstić information content (AvgIpc) is 3.26. The molecule has 4 aromatic rings. The molecule has 0 aliphatic carbocycles. The number of H-pyrrole nitrogens is 1. The van der Waals surface area contributed by atoms with Crippen molar-refractivity contribution in [2.45, 2.75) is 13.0 Å². The summed E-state index contributed by atoms with van der Waals surface area (Å²) in [5, 5.41) is 14.4. The van der Waals surface area contributed by atoms with Crippen LogP contribution in [-0.4, -0.2) is 17.4 Å². The van der Waals surface area contributed by atoms with Gasteiger partial charge in [0.25, 0.3) is 5.91 Å². The normalized spacial score (nSPS) is 11.3. The number of hydrogen-bond donors (Lipinski definition) is 2. The predicted molar refractivity (Wildman–Crippen MR) is 144 cm³/mol. The van der Waals surface area contributed by atoms with Gasteiger partial charge in [0.05, 0.1) is 9.50 Å². The molecule has 8 heteroatoms. The van der Waals surface area contributed by atoms with Crippen LogP contribution in [0.5, 0.6) is 5.75 Å².